The lowest BCUT2D eigenvalue weighted by molar-refractivity contribution is -0.142. The predicted molar refractivity (Wildman–Crippen MR) is 98.7 cm³/mol. The highest BCUT2D eigenvalue weighted by Gasteiger charge is 2.38. The van der Waals surface area contributed by atoms with Crippen molar-refractivity contribution in [1.82, 2.24) is 9.80 Å². The third-order valence-corrected chi connectivity index (χ3v) is 5.24. The molecule has 1 unspecified atom stereocenters. The van der Waals surface area contributed by atoms with Crippen LogP contribution in [0.15, 0.2) is 22.7 Å². The third kappa shape index (κ3) is 5.30. The number of halogens is 1. The summed E-state index contributed by atoms with van der Waals surface area (Å²) in [5.41, 5.74) is 1.65. The number of amides is 2. The molecule has 2 amide bonds. The smallest absolute Gasteiger partial charge is 0.344 e. The van der Waals surface area contributed by atoms with Gasteiger partial charge in [-0.05, 0) is 29.2 Å². The number of urea groups is 1. The molecular weight excluding hydrogens is 427 g/mol. The fourth-order valence-corrected chi connectivity index (χ4v) is 4.10. The van der Waals surface area contributed by atoms with Gasteiger partial charge >= 0.3 is 19.6 Å². The highest BCUT2D eigenvalue weighted by Crippen LogP contribution is 2.36. The summed E-state index contributed by atoms with van der Waals surface area (Å²) in [6.07, 6.45) is -0.596. The van der Waals surface area contributed by atoms with E-state index in [1.165, 1.54) is 4.90 Å². The molecule has 1 aromatic carbocycles. The maximum Gasteiger partial charge on any atom is 0.344 e. The van der Waals surface area contributed by atoms with E-state index in [0.29, 0.717) is 0 Å². The van der Waals surface area contributed by atoms with E-state index in [9.17, 15) is 29.0 Å². The van der Waals surface area contributed by atoms with Crippen molar-refractivity contribution in [3.63, 3.8) is 0 Å². The van der Waals surface area contributed by atoms with Crippen molar-refractivity contribution in [2.45, 2.75) is 32.9 Å². The van der Waals surface area contributed by atoms with Gasteiger partial charge in [-0.3, -0.25) is 4.57 Å². The van der Waals surface area contributed by atoms with Gasteiger partial charge in [0.15, 0.2) is 0 Å². The maximum absolute atomic E-state index is 12.9. The number of hydrogen-bond acceptors (Lipinski definition) is 3. The van der Waals surface area contributed by atoms with E-state index in [1.54, 1.807) is 0 Å². The molecule has 0 aromatic heterocycles. The molecule has 26 heavy (non-hydrogen) atoms. The number of carboxylic acids is 1. The zero-order valence-electron chi connectivity index (χ0n) is 14.5. The third-order valence-electron chi connectivity index (χ3n) is 4.04. The number of rotatable bonds is 5. The fraction of sp³-hybridized carbons (Fsp3) is 0.500. The Bertz CT molecular complexity index is 750. The minimum atomic E-state index is -4.47. The molecule has 0 fully saturated rings. The largest absolute Gasteiger partial charge is 0.480 e. The van der Waals surface area contributed by atoms with Crippen molar-refractivity contribution in [3.05, 3.63) is 33.8 Å². The van der Waals surface area contributed by atoms with Gasteiger partial charge in [0.25, 0.3) is 0 Å². The Morgan fingerprint density at radius 1 is 1.35 bits per heavy atom. The summed E-state index contributed by atoms with van der Waals surface area (Å²) in [6.45, 7) is 3.84. The van der Waals surface area contributed by atoms with Crippen LogP contribution in [-0.4, -0.2) is 55.6 Å². The van der Waals surface area contributed by atoms with Crippen LogP contribution in [0.3, 0.4) is 0 Å². The molecule has 0 bridgehead atoms. The molecule has 0 aliphatic carbocycles. The van der Waals surface area contributed by atoms with Gasteiger partial charge in [-0.15, -0.1) is 0 Å². The first-order valence-corrected chi connectivity index (χ1v) is 10.7. The van der Waals surface area contributed by atoms with Crippen molar-refractivity contribution >= 4 is 35.5 Å². The topological polar surface area (TPSA) is 118 Å². The number of fused-ring (bicyclic) bond motifs is 1. The summed E-state index contributed by atoms with van der Waals surface area (Å²) >= 11 is 3.35. The molecule has 1 aliphatic rings. The van der Waals surface area contributed by atoms with Gasteiger partial charge in [0.2, 0.25) is 0 Å². The minimum absolute atomic E-state index is 0.0261. The van der Waals surface area contributed by atoms with E-state index >= 15 is 0 Å². The molecule has 1 heterocycles. The molecule has 0 radical (unpaired) electrons. The molecule has 0 saturated carbocycles. The summed E-state index contributed by atoms with van der Waals surface area (Å²) in [5, 5.41) is 9.57. The molecule has 1 aromatic rings. The fourth-order valence-electron chi connectivity index (χ4n) is 3.01. The zero-order valence-corrected chi connectivity index (χ0v) is 17.0. The van der Waals surface area contributed by atoms with Crippen LogP contribution in [0, 0.1) is 5.92 Å². The predicted octanol–water partition coefficient (Wildman–Crippen LogP) is 2.47. The zero-order chi connectivity index (χ0) is 19.6. The molecule has 0 saturated heterocycles. The lowest BCUT2D eigenvalue weighted by Gasteiger charge is -2.38. The van der Waals surface area contributed by atoms with Gasteiger partial charge in [-0.25, -0.2) is 9.59 Å². The molecule has 1 atom stereocenters. The second-order valence-corrected chi connectivity index (χ2v) is 9.33. The number of carbonyl (C=O) groups is 2. The SMILES string of the molecule is CC(C)CN(CP(=O)(O)O)C(=O)N1Cc2ccc(Br)cc2CC1C(=O)O. The second-order valence-electron chi connectivity index (χ2n) is 6.80. The number of carboxylic acid groups (broad SMARTS) is 1. The number of benzene rings is 1. The van der Waals surface area contributed by atoms with Crippen LogP contribution in [0.4, 0.5) is 4.79 Å². The molecule has 3 N–H and O–H groups in total. The summed E-state index contributed by atoms with van der Waals surface area (Å²) < 4.78 is 12.2. The van der Waals surface area contributed by atoms with Crippen LogP contribution >= 0.6 is 23.5 Å². The maximum atomic E-state index is 12.9. The average molecular weight is 449 g/mol. The highest BCUT2D eigenvalue weighted by atomic mass is 79.9. The van der Waals surface area contributed by atoms with Crippen LogP contribution in [0.2, 0.25) is 0 Å². The van der Waals surface area contributed by atoms with Crippen LogP contribution in [-0.2, 0) is 22.3 Å². The molecule has 0 spiro atoms. The van der Waals surface area contributed by atoms with Gasteiger partial charge < -0.3 is 24.7 Å². The first-order chi connectivity index (χ1) is 12.0. The van der Waals surface area contributed by atoms with Gasteiger partial charge in [0, 0.05) is 24.0 Å². The minimum Gasteiger partial charge on any atom is -0.480 e. The van der Waals surface area contributed by atoms with Gasteiger partial charge in [0.05, 0.1) is 0 Å². The number of hydrogen-bond donors (Lipinski definition) is 3. The normalized spacial score (nSPS) is 17.2. The van der Waals surface area contributed by atoms with Crippen molar-refractivity contribution in [1.29, 1.82) is 0 Å². The Morgan fingerprint density at radius 3 is 2.54 bits per heavy atom. The van der Waals surface area contributed by atoms with Crippen molar-refractivity contribution in [2.75, 3.05) is 12.8 Å². The van der Waals surface area contributed by atoms with Crippen molar-refractivity contribution in [2.24, 2.45) is 5.92 Å². The Labute approximate surface area is 160 Å². The van der Waals surface area contributed by atoms with E-state index in [-0.39, 0.29) is 25.4 Å². The molecule has 1 aliphatic heterocycles. The van der Waals surface area contributed by atoms with Crippen molar-refractivity contribution in [3.8, 4) is 0 Å². The molecule has 144 valence electrons. The Hall–Kier alpha value is -1.41. The van der Waals surface area contributed by atoms with E-state index < -0.39 is 31.9 Å². The lowest BCUT2D eigenvalue weighted by atomic mass is 9.94. The first kappa shape index (κ1) is 20.9. The van der Waals surface area contributed by atoms with E-state index in [1.807, 2.05) is 32.0 Å². The number of carbonyl (C=O) groups excluding carboxylic acids is 1. The summed E-state index contributed by atoms with van der Waals surface area (Å²) in [6, 6.07) is 3.69. The monoisotopic (exact) mass is 448 g/mol. The van der Waals surface area contributed by atoms with E-state index in [4.69, 9.17) is 0 Å². The number of aliphatic carboxylic acids is 1. The summed E-state index contributed by atoms with van der Waals surface area (Å²) in [4.78, 5) is 45.5. The lowest BCUT2D eigenvalue weighted by Crippen LogP contribution is -2.54. The van der Waals surface area contributed by atoms with Crippen LogP contribution < -0.4 is 0 Å². The van der Waals surface area contributed by atoms with Gasteiger partial charge in [-0.2, -0.15) is 0 Å². The Morgan fingerprint density at radius 2 is 2.00 bits per heavy atom. The van der Waals surface area contributed by atoms with Crippen LogP contribution in [0.5, 0.6) is 0 Å². The van der Waals surface area contributed by atoms with Crippen LogP contribution in [0.25, 0.3) is 0 Å². The Balaban J connectivity index is 2.34. The highest BCUT2D eigenvalue weighted by molar-refractivity contribution is 9.10. The average Bonchev–Trinajstić information content (AvgIpc) is 2.50. The standard InChI is InChI=1S/C16H22BrN2O6P/c1-10(2)7-18(9-26(23,24)25)16(22)19-8-11-3-4-13(17)5-12(11)6-14(19)15(20)21/h3-5,10,14H,6-9H2,1-2H3,(H,20,21)(H2,23,24,25). The van der Waals surface area contributed by atoms with Crippen molar-refractivity contribution < 1.29 is 29.0 Å². The molecule has 8 nitrogen and oxygen atoms in total. The molecular formula is C16H22BrN2O6P. The molecule has 2 rings (SSSR count). The summed E-state index contributed by atoms with van der Waals surface area (Å²) in [7, 11) is -4.47. The molecule has 10 heteroatoms. The number of nitrogens with zero attached hydrogens (tertiary/aromatic N) is 2. The van der Waals surface area contributed by atoms with E-state index in [0.717, 1.165) is 20.5 Å². The summed E-state index contributed by atoms with van der Waals surface area (Å²) in [5.74, 6) is -1.17. The van der Waals surface area contributed by atoms with Gasteiger partial charge in [0.1, 0.15) is 12.3 Å². The van der Waals surface area contributed by atoms with Crippen LogP contribution in [0.1, 0.15) is 25.0 Å². The Kier molecular flexibility index (Phi) is 6.50. The van der Waals surface area contributed by atoms with Gasteiger partial charge in [-0.1, -0.05) is 35.8 Å². The quantitative estimate of drug-likeness (QED) is 0.595. The van der Waals surface area contributed by atoms with E-state index in [2.05, 4.69) is 15.9 Å². The first-order valence-electron chi connectivity index (χ1n) is 8.08. The second kappa shape index (κ2) is 8.08.